The Morgan fingerprint density at radius 2 is 1.43 bits per heavy atom. The zero-order valence-corrected chi connectivity index (χ0v) is 16.9. The molecule has 3 rings (SSSR count). The van der Waals surface area contributed by atoms with Crippen molar-refractivity contribution in [2.75, 3.05) is 0 Å². The third-order valence-corrected chi connectivity index (χ3v) is 18.8. The van der Waals surface area contributed by atoms with Crippen molar-refractivity contribution in [1.29, 1.82) is 0 Å². The van der Waals surface area contributed by atoms with Gasteiger partial charge in [0.05, 0.1) is 0 Å². The van der Waals surface area contributed by atoms with Gasteiger partial charge in [0.25, 0.3) is 0 Å². The van der Waals surface area contributed by atoms with Gasteiger partial charge in [0.2, 0.25) is 0 Å². The van der Waals surface area contributed by atoms with Crippen LogP contribution in [0.25, 0.3) is 0 Å². The monoisotopic (exact) mass is 410 g/mol. The first-order chi connectivity index (χ1) is 9.43. The van der Waals surface area contributed by atoms with E-state index in [0.717, 1.165) is 0 Å². The van der Waals surface area contributed by atoms with Crippen LogP contribution in [-0.4, -0.2) is 6.16 Å². The van der Waals surface area contributed by atoms with Crippen LogP contribution in [0.4, 0.5) is 0 Å². The fraction of sp³-hybridized carbons (Fsp3) is 0.176. The Bertz CT molecular complexity index is 581. The molecule has 0 spiro atoms. The Labute approximate surface area is 148 Å². The van der Waals surface area contributed by atoms with E-state index >= 15 is 0 Å². The maximum Gasteiger partial charge on any atom is -1.00 e. The van der Waals surface area contributed by atoms with Gasteiger partial charge in [0, 0.05) is 0 Å². The molecule has 0 saturated heterocycles. The standard InChI is InChI=1S/C7H8Si.2C5H5.2ClH.Zr/c8-6-7-4-2-1-3-5-7;2*1-2-4-5-3-1;;;/h1-5,8H,6H2;2*1-3H,4H2;2*1H;/q;;;;;+2/p-2. The van der Waals surface area contributed by atoms with E-state index in [9.17, 15) is 0 Å². The van der Waals surface area contributed by atoms with Gasteiger partial charge in [-0.2, -0.15) is 0 Å². The average molecular weight is 413 g/mol. The van der Waals surface area contributed by atoms with Gasteiger partial charge in [-0.1, -0.05) is 0 Å². The van der Waals surface area contributed by atoms with Gasteiger partial charge in [-0.3, -0.25) is 0 Å². The van der Waals surface area contributed by atoms with E-state index in [1.54, 1.807) is 0 Å². The molecule has 2 aliphatic rings. The van der Waals surface area contributed by atoms with Crippen LogP contribution in [0.15, 0.2) is 73.3 Å². The molecule has 108 valence electrons. The van der Waals surface area contributed by atoms with Crippen molar-refractivity contribution in [3.05, 3.63) is 78.9 Å². The third kappa shape index (κ3) is 5.21. The zero-order chi connectivity index (χ0) is 12.9. The minimum atomic E-state index is -1.47. The minimum Gasteiger partial charge on any atom is -1.00 e. The fourth-order valence-corrected chi connectivity index (χ4v) is 17.5. The molecule has 0 fully saturated rings. The van der Waals surface area contributed by atoms with Crippen molar-refractivity contribution < 1.29 is 45.2 Å². The van der Waals surface area contributed by atoms with Gasteiger partial charge in [0.1, 0.15) is 0 Å². The predicted octanol–water partition coefficient (Wildman–Crippen LogP) is -2.15. The molecule has 0 atom stereocenters. The summed E-state index contributed by atoms with van der Waals surface area (Å²) in [6, 6.07) is 12.4. The Morgan fingerprint density at radius 1 is 0.857 bits per heavy atom. The predicted molar refractivity (Wildman–Crippen MR) is 81.0 cm³/mol. The van der Waals surface area contributed by atoms with Crippen LogP contribution in [0.1, 0.15) is 18.4 Å². The third-order valence-electron chi connectivity index (χ3n) is 3.62. The van der Waals surface area contributed by atoms with Crippen LogP contribution < -0.4 is 24.8 Å². The molecule has 0 nitrogen and oxygen atoms in total. The van der Waals surface area contributed by atoms with Gasteiger partial charge in [-0.25, -0.2) is 0 Å². The molecule has 1 aromatic rings. The van der Waals surface area contributed by atoms with Gasteiger partial charge in [-0.15, -0.1) is 0 Å². The topological polar surface area (TPSA) is 0 Å². The summed E-state index contributed by atoms with van der Waals surface area (Å²) in [4.78, 5) is 0. The van der Waals surface area contributed by atoms with Crippen molar-refractivity contribution >= 4 is 6.16 Å². The minimum absolute atomic E-state index is 0. The van der Waals surface area contributed by atoms with Crippen LogP contribution in [0.5, 0.6) is 0 Å². The SMILES string of the molecule is C1=CC[C]([Zr+2](=[SiH]Cc2ccccc2)[C]2=CC=CC2)=C1.[Cl-].[Cl-]. The van der Waals surface area contributed by atoms with Crippen LogP contribution in [0.2, 0.25) is 0 Å². The molecular formula is C17H18Cl2SiZr. The van der Waals surface area contributed by atoms with Gasteiger partial charge >= 0.3 is 124 Å². The molecule has 0 aromatic heterocycles. The molecule has 1 aromatic carbocycles. The van der Waals surface area contributed by atoms with Crippen LogP contribution >= 0.6 is 0 Å². The molecule has 0 bridgehead atoms. The van der Waals surface area contributed by atoms with Gasteiger partial charge in [-0.05, 0) is 0 Å². The Hall–Kier alpha value is -0.140. The molecule has 2 aliphatic carbocycles. The van der Waals surface area contributed by atoms with Crippen molar-refractivity contribution in [2.24, 2.45) is 0 Å². The summed E-state index contributed by atoms with van der Waals surface area (Å²) in [6.07, 6.45) is 17.1. The smallest absolute Gasteiger partial charge is 1.00 e. The zero-order valence-electron chi connectivity index (χ0n) is 11.8. The quantitative estimate of drug-likeness (QED) is 0.495. The average Bonchev–Trinajstić information content (AvgIpc) is 3.13. The van der Waals surface area contributed by atoms with Crippen molar-refractivity contribution in [1.82, 2.24) is 0 Å². The van der Waals surface area contributed by atoms with E-state index < -0.39 is 20.4 Å². The Balaban J connectivity index is 0.00000110. The molecule has 0 amide bonds. The molecule has 0 saturated carbocycles. The number of hydrogen-bond donors (Lipinski definition) is 0. The Kier molecular flexibility index (Phi) is 8.82. The molecule has 4 heteroatoms. The number of benzene rings is 1. The largest absolute Gasteiger partial charge is 1.00 e. The molecule has 0 heterocycles. The molecule has 0 aliphatic heterocycles. The Morgan fingerprint density at radius 3 is 1.90 bits per heavy atom. The molecule has 0 N–H and O–H groups in total. The summed E-state index contributed by atoms with van der Waals surface area (Å²) in [5.74, 6) is 0. The van der Waals surface area contributed by atoms with Crippen LogP contribution in [0, 0.1) is 0 Å². The van der Waals surface area contributed by atoms with Crippen molar-refractivity contribution in [2.45, 2.75) is 18.9 Å². The molecule has 0 radical (unpaired) electrons. The summed E-state index contributed by atoms with van der Waals surface area (Å²) in [6.45, 7) is 0. The summed E-state index contributed by atoms with van der Waals surface area (Å²) < 4.78 is 3.64. The second kappa shape index (κ2) is 9.79. The van der Waals surface area contributed by atoms with E-state index in [1.165, 1.54) is 24.4 Å². The molecule has 21 heavy (non-hydrogen) atoms. The van der Waals surface area contributed by atoms with Crippen molar-refractivity contribution in [3.63, 3.8) is 0 Å². The molecular weight excluding hydrogens is 394 g/mol. The van der Waals surface area contributed by atoms with Gasteiger partial charge in [0.15, 0.2) is 0 Å². The summed E-state index contributed by atoms with van der Waals surface area (Å²) in [5.41, 5.74) is 1.54. The van der Waals surface area contributed by atoms with E-state index in [-0.39, 0.29) is 24.8 Å². The van der Waals surface area contributed by atoms with E-state index in [4.69, 9.17) is 0 Å². The normalized spacial score (nSPS) is 14.4. The van der Waals surface area contributed by atoms with Crippen LogP contribution in [-0.2, 0) is 26.4 Å². The van der Waals surface area contributed by atoms with E-state index in [0.29, 0.717) is 6.16 Å². The van der Waals surface area contributed by atoms with Gasteiger partial charge < -0.3 is 24.8 Å². The van der Waals surface area contributed by atoms with E-state index in [1.807, 2.05) is 6.56 Å². The number of allylic oxidation sites excluding steroid dienone is 8. The maximum atomic E-state index is 2.42. The summed E-state index contributed by atoms with van der Waals surface area (Å²) >= 11 is -1.47. The first kappa shape index (κ1) is 18.9. The summed E-state index contributed by atoms with van der Waals surface area (Å²) in [5, 5.41) is 0. The van der Waals surface area contributed by atoms with E-state index in [2.05, 4.69) is 66.8 Å². The summed E-state index contributed by atoms with van der Waals surface area (Å²) in [7, 11) is 0. The number of rotatable bonds is 4. The second-order valence-electron chi connectivity index (χ2n) is 4.96. The maximum absolute atomic E-state index is 2.42. The first-order valence-electron chi connectivity index (χ1n) is 6.90. The first-order valence-corrected chi connectivity index (χ1v) is 15.0. The van der Waals surface area contributed by atoms with Crippen LogP contribution in [0.3, 0.4) is 0 Å². The molecule has 0 unspecified atom stereocenters. The number of hydrogen-bond acceptors (Lipinski definition) is 0. The number of halogens is 2. The second-order valence-corrected chi connectivity index (χ2v) is 17.4. The van der Waals surface area contributed by atoms with Crippen molar-refractivity contribution in [3.8, 4) is 0 Å². The fourth-order valence-electron chi connectivity index (χ4n) is 2.60.